The molecule has 0 amide bonds. The van der Waals surface area contributed by atoms with Gasteiger partial charge < -0.3 is 9.64 Å². The van der Waals surface area contributed by atoms with Crippen molar-refractivity contribution in [1.82, 2.24) is 9.88 Å². The second-order valence-electron chi connectivity index (χ2n) is 8.08. The number of aromatic nitrogens is 1. The third-order valence-electron chi connectivity index (χ3n) is 5.92. The van der Waals surface area contributed by atoms with Crippen LogP contribution in [0.15, 0.2) is 18.2 Å². The molecule has 0 aliphatic carbocycles. The summed E-state index contributed by atoms with van der Waals surface area (Å²) in [7, 11) is 0. The first-order chi connectivity index (χ1) is 12.6. The molecule has 4 heteroatoms. The highest BCUT2D eigenvalue weighted by molar-refractivity contribution is 5.94. The fourth-order valence-electron chi connectivity index (χ4n) is 4.41. The zero-order valence-electron chi connectivity index (χ0n) is 16.6. The van der Waals surface area contributed by atoms with Gasteiger partial charge in [-0.3, -0.25) is 9.88 Å². The number of morpholine rings is 1. The zero-order valence-corrected chi connectivity index (χ0v) is 16.6. The molecule has 0 unspecified atom stereocenters. The molecule has 2 fully saturated rings. The van der Waals surface area contributed by atoms with Crippen molar-refractivity contribution in [1.29, 1.82) is 0 Å². The summed E-state index contributed by atoms with van der Waals surface area (Å²) in [5.74, 6) is 0.503. The molecular formula is C22H31N3O. The number of pyridine rings is 1. The van der Waals surface area contributed by atoms with Crippen molar-refractivity contribution in [3.63, 3.8) is 0 Å². The third kappa shape index (κ3) is 3.21. The van der Waals surface area contributed by atoms with E-state index in [0.29, 0.717) is 12.0 Å². The van der Waals surface area contributed by atoms with E-state index in [9.17, 15) is 0 Å². The summed E-state index contributed by atoms with van der Waals surface area (Å²) < 4.78 is 5.74. The van der Waals surface area contributed by atoms with Crippen LogP contribution in [0.4, 0.5) is 5.69 Å². The van der Waals surface area contributed by atoms with Crippen LogP contribution in [0.1, 0.15) is 43.5 Å². The minimum absolute atomic E-state index is 0.503. The van der Waals surface area contributed by atoms with E-state index in [1.807, 2.05) is 0 Å². The number of fused-ring (bicyclic) bond motifs is 2. The van der Waals surface area contributed by atoms with Gasteiger partial charge in [0.25, 0.3) is 0 Å². The minimum atomic E-state index is 0.503. The molecule has 1 aromatic carbocycles. The first-order valence-corrected chi connectivity index (χ1v) is 10.1. The molecule has 2 aliphatic heterocycles. The predicted molar refractivity (Wildman–Crippen MR) is 108 cm³/mol. The summed E-state index contributed by atoms with van der Waals surface area (Å²) in [5.41, 5.74) is 6.43. The van der Waals surface area contributed by atoms with Crippen molar-refractivity contribution in [2.75, 3.05) is 44.3 Å². The summed E-state index contributed by atoms with van der Waals surface area (Å²) in [6, 6.07) is 7.51. The number of anilines is 1. The number of aryl methyl sites for hydroxylation is 2. The highest BCUT2D eigenvalue weighted by atomic mass is 16.5. The Hall–Kier alpha value is -1.65. The lowest BCUT2D eigenvalue weighted by atomic mass is 9.95. The standard InChI is InChI=1S/C22H31N3O/c1-5-17-11-20-19(15(2)3)10-16(4)23-22(20)21(12-17)25-7-6-24-8-9-26-14-18(24)13-25/h10-12,15,18H,5-9,13-14H2,1-4H3/t18-/m0/s1. The number of ether oxygens (including phenoxy) is 1. The van der Waals surface area contributed by atoms with E-state index in [-0.39, 0.29) is 0 Å². The molecule has 26 heavy (non-hydrogen) atoms. The Balaban J connectivity index is 1.81. The molecule has 2 saturated heterocycles. The summed E-state index contributed by atoms with van der Waals surface area (Å²) in [6.07, 6.45) is 1.06. The van der Waals surface area contributed by atoms with Gasteiger partial charge in [0.1, 0.15) is 0 Å². The van der Waals surface area contributed by atoms with Crippen LogP contribution >= 0.6 is 0 Å². The van der Waals surface area contributed by atoms with Gasteiger partial charge in [0.15, 0.2) is 0 Å². The molecule has 0 saturated carbocycles. The lowest BCUT2D eigenvalue weighted by Crippen LogP contribution is -2.58. The van der Waals surface area contributed by atoms with Gasteiger partial charge >= 0.3 is 0 Å². The van der Waals surface area contributed by atoms with Crippen molar-refractivity contribution >= 4 is 16.6 Å². The van der Waals surface area contributed by atoms with Gasteiger partial charge in [-0.1, -0.05) is 20.8 Å². The maximum absolute atomic E-state index is 5.74. The lowest BCUT2D eigenvalue weighted by molar-refractivity contribution is -0.0116. The highest BCUT2D eigenvalue weighted by Crippen LogP contribution is 2.34. The average molecular weight is 354 g/mol. The van der Waals surface area contributed by atoms with Gasteiger partial charge in [0.05, 0.1) is 30.5 Å². The van der Waals surface area contributed by atoms with Crippen LogP contribution in [0.25, 0.3) is 10.9 Å². The highest BCUT2D eigenvalue weighted by Gasteiger charge is 2.30. The van der Waals surface area contributed by atoms with Gasteiger partial charge in [-0.2, -0.15) is 0 Å². The van der Waals surface area contributed by atoms with E-state index in [4.69, 9.17) is 9.72 Å². The van der Waals surface area contributed by atoms with E-state index in [0.717, 1.165) is 51.5 Å². The van der Waals surface area contributed by atoms with Crippen LogP contribution in [0, 0.1) is 6.92 Å². The number of hydrogen-bond donors (Lipinski definition) is 0. The van der Waals surface area contributed by atoms with Crippen molar-refractivity contribution in [3.05, 3.63) is 35.0 Å². The summed E-state index contributed by atoms with van der Waals surface area (Å²) in [4.78, 5) is 10.1. The Kier molecular flexibility index (Phi) is 4.89. The van der Waals surface area contributed by atoms with Gasteiger partial charge in [0.2, 0.25) is 0 Å². The Bertz CT molecular complexity index is 802. The van der Waals surface area contributed by atoms with Crippen LogP contribution < -0.4 is 4.90 Å². The molecule has 1 atom stereocenters. The Labute approximate surface area is 157 Å². The second kappa shape index (κ2) is 7.16. The Morgan fingerprint density at radius 1 is 1.19 bits per heavy atom. The first-order valence-electron chi connectivity index (χ1n) is 10.1. The Morgan fingerprint density at radius 2 is 2.04 bits per heavy atom. The van der Waals surface area contributed by atoms with Crippen molar-refractivity contribution in [2.24, 2.45) is 0 Å². The monoisotopic (exact) mass is 353 g/mol. The van der Waals surface area contributed by atoms with Crippen molar-refractivity contribution in [2.45, 2.75) is 46.1 Å². The second-order valence-corrected chi connectivity index (χ2v) is 8.08. The van der Waals surface area contributed by atoms with Crippen LogP contribution in [-0.4, -0.2) is 55.3 Å². The zero-order chi connectivity index (χ0) is 18.3. The summed E-state index contributed by atoms with van der Waals surface area (Å²) in [6.45, 7) is 15.0. The van der Waals surface area contributed by atoms with Gasteiger partial charge in [-0.05, 0) is 48.6 Å². The molecule has 140 valence electrons. The van der Waals surface area contributed by atoms with Gasteiger partial charge in [-0.15, -0.1) is 0 Å². The molecule has 4 nitrogen and oxygen atoms in total. The van der Waals surface area contributed by atoms with E-state index >= 15 is 0 Å². The fraction of sp³-hybridized carbons (Fsp3) is 0.591. The van der Waals surface area contributed by atoms with E-state index in [2.05, 4.69) is 55.7 Å². The molecular weight excluding hydrogens is 322 g/mol. The molecule has 4 rings (SSSR count). The van der Waals surface area contributed by atoms with Crippen molar-refractivity contribution in [3.8, 4) is 0 Å². The van der Waals surface area contributed by atoms with Gasteiger partial charge in [0, 0.05) is 37.3 Å². The first kappa shape index (κ1) is 17.7. The fourth-order valence-corrected chi connectivity index (χ4v) is 4.41. The normalized spacial score (nSPS) is 21.4. The third-order valence-corrected chi connectivity index (χ3v) is 5.92. The van der Waals surface area contributed by atoms with Gasteiger partial charge in [-0.25, -0.2) is 0 Å². The predicted octanol–water partition coefficient (Wildman–Crippen LogP) is 3.75. The molecule has 0 spiro atoms. The van der Waals surface area contributed by atoms with Crippen LogP contribution in [0.3, 0.4) is 0 Å². The summed E-state index contributed by atoms with van der Waals surface area (Å²) in [5, 5.41) is 1.34. The van der Waals surface area contributed by atoms with Crippen molar-refractivity contribution < 1.29 is 4.74 Å². The number of nitrogens with zero attached hydrogens (tertiary/aromatic N) is 3. The average Bonchev–Trinajstić information content (AvgIpc) is 2.66. The van der Waals surface area contributed by atoms with E-state index in [1.54, 1.807) is 0 Å². The molecule has 0 N–H and O–H groups in total. The minimum Gasteiger partial charge on any atom is -0.378 e. The number of benzene rings is 1. The van der Waals surface area contributed by atoms with E-state index < -0.39 is 0 Å². The number of hydrogen-bond acceptors (Lipinski definition) is 4. The molecule has 2 aliphatic rings. The van der Waals surface area contributed by atoms with Crippen LogP contribution in [0.2, 0.25) is 0 Å². The molecule has 0 bridgehead atoms. The van der Waals surface area contributed by atoms with Crippen LogP contribution in [-0.2, 0) is 11.2 Å². The summed E-state index contributed by atoms with van der Waals surface area (Å²) >= 11 is 0. The maximum Gasteiger partial charge on any atom is 0.0941 e. The smallest absolute Gasteiger partial charge is 0.0941 e. The van der Waals surface area contributed by atoms with Crippen LogP contribution in [0.5, 0.6) is 0 Å². The maximum atomic E-state index is 5.74. The largest absolute Gasteiger partial charge is 0.378 e. The molecule has 2 aromatic rings. The number of piperazine rings is 1. The number of rotatable bonds is 3. The quantitative estimate of drug-likeness (QED) is 0.840. The Morgan fingerprint density at radius 3 is 2.81 bits per heavy atom. The molecule has 1 aromatic heterocycles. The SMILES string of the molecule is CCc1cc(N2CCN3CCOC[C@@H]3C2)c2nc(C)cc(C(C)C)c2c1. The topological polar surface area (TPSA) is 28.6 Å². The lowest BCUT2D eigenvalue weighted by Gasteiger charge is -2.44. The molecule has 0 radical (unpaired) electrons. The van der Waals surface area contributed by atoms with E-state index in [1.165, 1.54) is 27.7 Å². The molecule has 3 heterocycles.